The molecule has 0 aliphatic rings. The molecule has 102 valence electrons. The summed E-state index contributed by atoms with van der Waals surface area (Å²) >= 11 is 0. The van der Waals surface area contributed by atoms with Gasteiger partial charge in [0.05, 0.1) is 5.69 Å². The van der Waals surface area contributed by atoms with Gasteiger partial charge in [-0.1, -0.05) is 17.7 Å². The van der Waals surface area contributed by atoms with Gasteiger partial charge in [-0.05, 0) is 31.2 Å². The van der Waals surface area contributed by atoms with E-state index in [0.717, 1.165) is 5.56 Å². The maximum absolute atomic E-state index is 12.4. The lowest BCUT2D eigenvalue weighted by Gasteiger charge is -2.19. The minimum absolute atomic E-state index is 0.0552. The summed E-state index contributed by atoms with van der Waals surface area (Å²) in [5, 5.41) is 8.67. The van der Waals surface area contributed by atoms with Crippen LogP contribution in [0.5, 0.6) is 0 Å². The van der Waals surface area contributed by atoms with Crippen LogP contribution in [0.2, 0.25) is 0 Å². The van der Waals surface area contributed by atoms with Crippen molar-refractivity contribution >= 4 is 15.7 Å². The fraction of sp³-hybridized carbons (Fsp3) is 0.143. The quantitative estimate of drug-likeness (QED) is 0.866. The summed E-state index contributed by atoms with van der Waals surface area (Å²) < 4.78 is 26.0. The number of pyridine rings is 1. The molecular formula is C14H13N3O2S. The zero-order chi connectivity index (χ0) is 14.8. The number of anilines is 1. The maximum atomic E-state index is 12.4. The number of aryl methyl sites for hydroxylation is 1. The molecule has 0 amide bonds. The Morgan fingerprint density at radius 1 is 1.15 bits per heavy atom. The van der Waals surface area contributed by atoms with Crippen LogP contribution in [0.25, 0.3) is 0 Å². The van der Waals surface area contributed by atoms with Gasteiger partial charge in [0, 0.05) is 13.2 Å². The van der Waals surface area contributed by atoms with E-state index >= 15 is 0 Å². The fourth-order valence-electron chi connectivity index (χ4n) is 1.65. The minimum Gasteiger partial charge on any atom is -0.269 e. The first-order valence-corrected chi connectivity index (χ1v) is 7.31. The fourth-order valence-corrected chi connectivity index (χ4v) is 2.79. The van der Waals surface area contributed by atoms with Crippen molar-refractivity contribution in [2.45, 2.75) is 11.8 Å². The van der Waals surface area contributed by atoms with Gasteiger partial charge < -0.3 is 0 Å². The number of rotatable bonds is 3. The van der Waals surface area contributed by atoms with Gasteiger partial charge in [-0.15, -0.1) is 0 Å². The minimum atomic E-state index is -3.67. The Morgan fingerprint density at radius 2 is 1.80 bits per heavy atom. The molecule has 0 fully saturated rings. The number of nitriles is 1. The van der Waals surface area contributed by atoms with E-state index in [1.807, 2.05) is 25.1 Å². The predicted molar refractivity (Wildman–Crippen MR) is 75.7 cm³/mol. The molecule has 0 bridgehead atoms. The smallest absolute Gasteiger partial charge is 0.265 e. The normalized spacial score (nSPS) is 10.8. The van der Waals surface area contributed by atoms with E-state index in [-0.39, 0.29) is 10.6 Å². The van der Waals surface area contributed by atoms with Gasteiger partial charge in [-0.2, -0.15) is 5.26 Å². The van der Waals surface area contributed by atoms with Crippen molar-refractivity contribution in [2.24, 2.45) is 0 Å². The predicted octanol–water partition coefficient (Wildman–Crippen LogP) is 2.09. The molecule has 0 radical (unpaired) electrons. The molecule has 0 saturated heterocycles. The Morgan fingerprint density at radius 3 is 2.30 bits per heavy atom. The molecule has 5 nitrogen and oxygen atoms in total. The molecule has 0 spiro atoms. The Balaban J connectivity index is 2.38. The van der Waals surface area contributed by atoms with E-state index in [0.29, 0.717) is 5.69 Å². The molecule has 0 atom stereocenters. The molecule has 1 aromatic carbocycles. The zero-order valence-electron chi connectivity index (χ0n) is 11.1. The van der Waals surface area contributed by atoms with Crippen LogP contribution in [-0.4, -0.2) is 20.4 Å². The van der Waals surface area contributed by atoms with Crippen LogP contribution in [0.4, 0.5) is 5.69 Å². The van der Waals surface area contributed by atoms with Crippen LogP contribution in [0.3, 0.4) is 0 Å². The van der Waals surface area contributed by atoms with Gasteiger partial charge >= 0.3 is 0 Å². The molecule has 0 saturated carbocycles. The van der Waals surface area contributed by atoms with Crippen molar-refractivity contribution in [2.75, 3.05) is 11.4 Å². The first kappa shape index (κ1) is 14.0. The summed E-state index contributed by atoms with van der Waals surface area (Å²) in [7, 11) is -2.18. The van der Waals surface area contributed by atoms with E-state index in [1.165, 1.54) is 29.7 Å². The lowest BCUT2D eigenvalue weighted by Crippen LogP contribution is -2.26. The molecule has 0 aliphatic carbocycles. The second-order valence-corrected chi connectivity index (χ2v) is 6.27. The first-order valence-electron chi connectivity index (χ1n) is 5.87. The number of aromatic nitrogens is 1. The number of hydrogen-bond donors (Lipinski definition) is 0. The van der Waals surface area contributed by atoms with Crippen LogP contribution >= 0.6 is 0 Å². The lowest BCUT2D eigenvalue weighted by atomic mass is 10.2. The van der Waals surface area contributed by atoms with Crippen LogP contribution in [0.15, 0.2) is 47.5 Å². The molecule has 0 N–H and O–H groups in total. The molecule has 1 aromatic heterocycles. The van der Waals surface area contributed by atoms with Crippen molar-refractivity contribution < 1.29 is 8.42 Å². The topological polar surface area (TPSA) is 74.1 Å². The highest BCUT2D eigenvalue weighted by atomic mass is 32.2. The SMILES string of the molecule is Cc1ccc(N(C)S(=O)(=O)c2ccc(C#N)nc2)cc1. The van der Waals surface area contributed by atoms with Crippen molar-refractivity contribution in [3.8, 4) is 6.07 Å². The van der Waals surface area contributed by atoms with Gasteiger partial charge in [0.15, 0.2) is 0 Å². The number of benzene rings is 1. The van der Waals surface area contributed by atoms with E-state index in [1.54, 1.807) is 12.1 Å². The Kier molecular flexibility index (Phi) is 3.72. The van der Waals surface area contributed by atoms with E-state index in [4.69, 9.17) is 5.26 Å². The summed E-state index contributed by atoms with van der Waals surface area (Å²) in [5.41, 5.74) is 1.81. The molecule has 0 unspecified atom stereocenters. The van der Waals surface area contributed by atoms with Crippen molar-refractivity contribution in [1.29, 1.82) is 5.26 Å². The molecule has 1 heterocycles. The van der Waals surface area contributed by atoms with Crippen LogP contribution < -0.4 is 4.31 Å². The monoisotopic (exact) mass is 287 g/mol. The van der Waals surface area contributed by atoms with Gasteiger partial charge in [0.1, 0.15) is 16.7 Å². The van der Waals surface area contributed by atoms with Crippen LogP contribution in [-0.2, 0) is 10.0 Å². The summed E-state index contributed by atoms with van der Waals surface area (Å²) in [5.74, 6) is 0. The van der Waals surface area contributed by atoms with Crippen molar-refractivity contribution in [3.05, 3.63) is 53.9 Å². The first-order chi connectivity index (χ1) is 9.45. The average molecular weight is 287 g/mol. The Labute approximate surface area is 118 Å². The highest BCUT2D eigenvalue weighted by Crippen LogP contribution is 2.21. The molecule has 2 aromatic rings. The average Bonchev–Trinajstić information content (AvgIpc) is 2.47. The number of sulfonamides is 1. The highest BCUT2D eigenvalue weighted by molar-refractivity contribution is 7.92. The largest absolute Gasteiger partial charge is 0.269 e. The lowest BCUT2D eigenvalue weighted by molar-refractivity contribution is 0.594. The van der Waals surface area contributed by atoms with Gasteiger partial charge in [0.2, 0.25) is 0 Å². The molecule has 2 rings (SSSR count). The number of nitrogens with zero attached hydrogens (tertiary/aromatic N) is 3. The summed E-state index contributed by atoms with van der Waals surface area (Å²) in [6, 6.07) is 11.8. The van der Waals surface area contributed by atoms with Crippen LogP contribution in [0, 0.1) is 18.3 Å². The maximum Gasteiger partial charge on any atom is 0.265 e. The third-order valence-corrected chi connectivity index (χ3v) is 4.68. The number of hydrogen-bond acceptors (Lipinski definition) is 4. The van der Waals surface area contributed by atoms with Gasteiger partial charge in [-0.3, -0.25) is 4.31 Å². The van der Waals surface area contributed by atoms with Crippen molar-refractivity contribution in [1.82, 2.24) is 4.98 Å². The molecule has 20 heavy (non-hydrogen) atoms. The van der Waals surface area contributed by atoms with Gasteiger partial charge in [-0.25, -0.2) is 13.4 Å². The van der Waals surface area contributed by atoms with E-state index in [9.17, 15) is 8.42 Å². The summed E-state index contributed by atoms with van der Waals surface area (Å²) in [6.45, 7) is 1.93. The Bertz CT molecular complexity index is 745. The van der Waals surface area contributed by atoms with Crippen molar-refractivity contribution in [3.63, 3.8) is 0 Å². The third-order valence-electron chi connectivity index (χ3n) is 2.91. The summed E-state index contributed by atoms with van der Waals surface area (Å²) in [6.07, 6.45) is 1.19. The highest BCUT2D eigenvalue weighted by Gasteiger charge is 2.21. The molecule has 0 aliphatic heterocycles. The standard InChI is InChI=1S/C14H13N3O2S/c1-11-3-6-13(7-4-11)17(2)20(18,19)14-8-5-12(9-15)16-10-14/h3-8,10H,1-2H3. The second kappa shape index (κ2) is 5.31. The molecule has 6 heteroatoms. The van der Waals surface area contributed by atoms with E-state index in [2.05, 4.69) is 4.98 Å². The van der Waals surface area contributed by atoms with Crippen LogP contribution in [0.1, 0.15) is 11.3 Å². The third kappa shape index (κ3) is 2.63. The Hall–Kier alpha value is -2.39. The van der Waals surface area contributed by atoms with Gasteiger partial charge in [0.25, 0.3) is 10.0 Å². The van der Waals surface area contributed by atoms with E-state index < -0.39 is 10.0 Å². The summed E-state index contributed by atoms with van der Waals surface area (Å²) in [4.78, 5) is 3.84. The second-order valence-electron chi connectivity index (χ2n) is 4.30. The zero-order valence-corrected chi connectivity index (χ0v) is 11.9. The molecular weight excluding hydrogens is 274 g/mol.